The largest absolute Gasteiger partial charge is 0.469 e. The van der Waals surface area contributed by atoms with Gasteiger partial charge in [-0.05, 0) is 0 Å². The molecule has 12 nitrogen and oxygen atoms in total. The maximum absolute atomic E-state index is 10.7. The van der Waals surface area contributed by atoms with E-state index in [1.54, 1.807) is 0 Å². The van der Waals surface area contributed by atoms with E-state index >= 15 is 0 Å². The van der Waals surface area contributed by atoms with Crippen molar-refractivity contribution in [3.05, 3.63) is 12.0 Å². The first-order valence-corrected chi connectivity index (χ1v) is 8.05. The lowest BCUT2D eigenvalue weighted by molar-refractivity contribution is -0.0511. The van der Waals surface area contributed by atoms with Crippen LogP contribution in [0.25, 0.3) is 0 Å². The molecule has 0 aliphatic carbocycles. The summed E-state index contributed by atoms with van der Waals surface area (Å²) >= 11 is 0. The number of phosphoric ester groups is 1. The van der Waals surface area contributed by atoms with Gasteiger partial charge in [0.2, 0.25) is 0 Å². The summed E-state index contributed by atoms with van der Waals surface area (Å²) in [4.78, 5) is 25.0. The smallest absolute Gasteiger partial charge is 0.387 e. The molecule has 13 heteroatoms. The van der Waals surface area contributed by atoms with Gasteiger partial charge in [-0.3, -0.25) is 9.09 Å². The summed E-state index contributed by atoms with van der Waals surface area (Å²) in [6.45, 7) is -0.604. The quantitative estimate of drug-likeness (QED) is 0.334. The minimum Gasteiger partial charge on any atom is -0.387 e. The molecule has 3 heterocycles. The van der Waals surface area contributed by atoms with Gasteiger partial charge in [0.15, 0.2) is 12.5 Å². The number of ether oxygens (including phenoxy) is 1. The van der Waals surface area contributed by atoms with Crippen LogP contribution in [0.2, 0.25) is 0 Å². The molecule has 0 aromatic carbocycles. The molecule has 2 aliphatic rings. The topological polar surface area (TPSA) is 179 Å². The van der Waals surface area contributed by atoms with E-state index in [4.69, 9.17) is 14.5 Å². The van der Waals surface area contributed by atoms with Crippen molar-refractivity contribution in [3.8, 4) is 0 Å². The van der Waals surface area contributed by atoms with Crippen molar-refractivity contribution in [2.24, 2.45) is 4.99 Å². The summed E-state index contributed by atoms with van der Waals surface area (Å²) in [6, 6.07) is 0. The molecule has 0 saturated carbocycles. The molecule has 1 fully saturated rings. The fourth-order valence-electron chi connectivity index (χ4n) is 2.41. The first-order chi connectivity index (χ1) is 10.8. The van der Waals surface area contributed by atoms with Crippen molar-refractivity contribution in [2.75, 3.05) is 11.9 Å². The summed E-state index contributed by atoms with van der Waals surface area (Å²) in [5.41, 5.74) is 0.215. The summed E-state index contributed by atoms with van der Waals surface area (Å²) in [5.74, 6) is 0.320. The lowest BCUT2D eigenvalue weighted by atomic mass is 10.1. The third kappa shape index (κ3) is 3.16. The van der Waals surface area contributed by atoms with Crippen LogP contribution in [0.15, 0.2) is 11.3 Å². The Bertz CT molecular complexity index is 659. The van der Waals surface area contributed by atoms with Crippen molar-refractivity contribution in [2.45, 2.75) is 30.8 Å². The molecule has 0 unspecified atom stereocenters. The Morgan fingerprint density at radius 3 is 2.78 bits per heavy atom. The van der Waals surface area contributed by atoms with E-state index < -0.39 is 45.2 Å². The highest BCUT2D eigenvalue weighted by atomic mass is 31.2. The molecule has 23 heavy (non-hydrogen) atoms. The monoisotopic (exact) mass is 350 g/mol. The van der Waals surface area contributed by atoms with E-state index in [-0.39, 0.29) is 5.69 Å². The zero-order valence-electron chi connectivity index (χ0n) is 11.5. The van der Waals surface area contributed by atoms with Crippen molar-refractivity contribution in [3.63, 3.8) is 0 Å². The van der Waals surface area contributed by atoms with Gasteiger partial charge in [0.05, 0.1) is 19.3 Å². The molecule has 0 radical (unpaired) electrons. The van der Waals surface area contributed by atoms with Crippen LogP contribution < -0.4 is 5.32 Å². The SMILES string of the molecule is O=P(O)(O)OC[C@H]1O[C@@H](n2cnc3c2NC=N[C@H]3O)[C@H](O)[C@@H]1O. The minimum absolute atomic E-state index is 0.215. The number of fused-ring (bicyclic) bond motifs is 1. The lowest BCUT2D eigenvalue weighted by Crippen LogP contribution is -2.33. The van der Waals surface area contributed by atoms with Crippen LogP contribution in [-0.4, -0.2) is 65.9 Å². The maximum atomic E-state index is 10.7. The molecule has 2 aliphatic heterocycles. The molecule has 1 aromatic rings. The summed E-state index contributed by atoms with van der Waals surface area (Å²) in [5, 5.41) is 32.5. The second-order valence-corrected chi connectivity index (χ2v) is 6.25. The van der Waals surface area contributed by atoms with E-state index in [1.165, 1.54) is 17.2 Å². The highest BCUT2D eigenvalue weighted by Crippen LogP contribution is 2.39. The second kappa shape index (κ2) is 5.92. The van der Waals surface area contributed by atoms with Crippen molar-refractivity contribution in [1.29, 1.82) is 0 Å². The number of anilines is 1. The molecular formula is C10H15N4O8P. The predicted octanol–water partition coefficient (Wildman–Crippen LogP) is -1.94. The number of aliphatic imine (C=N–C) groups is 1. The van der Waals surface area contributed by atoms with E-state index in [1.807, 2.05) is 0 Å². The molecule has 5 atom stereocenters. The number of hydrogen-bond acceptors (Lipinski definition) is 9. The normalized spacial score (nSPS) is 33.5. The van der Waals surface area contributed by atoms with Gasteiger partial charge >= 0.3 is 7.82 Å². The first-order valence-electron chi connectivity index (χ1n) is 6.52. The summed E-state index contributed by atoms with van der Waals surface area (Å²) in [7, 11) is -4.73. The molecular weight excluding hydrogens is 335 g/mol. The molecule has 0 bridgehead atoms. The molecule has 0 spiro atoms. The van der Waals surface area contributed by atoms with Gasteiger partial charge in [-0.25, -0.2) is 14.5 Å². The number of nitrogens with zero attached hydrogens (tertiary/aromatic N) is 3. The molecule has 3 rings (SSSR count). The second-order valence-electron chi connectivity index (χ2n) is 5.01. The van der Waals surface area contributed by atoms with Gasteiger partial charge in [0, 0.05) is 0 Å². The Morgan fingerprint density at radius 1 is 1.35 bits per heavy atom. The minimum atomic E-state index is -4.73. The van der Waals surface area contributed by atoms with Gasteiger partial charge < -0.3 is 35.2 Å². The zero-order valence-corrected chi connectivity index (χ0v) is 12.4. The number of hydrogen-bond donors (Lipinski definition) is 6. The number of rotatable bonds is 4. The highest BCUT2D eigenvalue weighted by Gasteiger charge is 2.45. The van der Waals surface area contributed by atoms with Crippen LogP contribution in [0, 0.1) is 0 Å². The molecule has 0 amide bonds. The number of aromatic nitrogens is 2. The Balaban J connectivity index is 1.78. The van der Waals surface area contributed by atoms with E-state index in [9.17, 15) is 19.9 Å². The number of aliphatic hydroxyl groups is 3. The molecule has 1 aromatic heterocycles. The van der Waals surface area contributed by atoms with Crippen LogP contribution in [0.4, 0.5) is 5.82 Å². The standard InChI is InChI=1S/C10H15N4O8P/c15-6-4(1-21-23(18,19)20)22-10(7(6)16)14-3-13-5-8(14)11-2-12-9(5)17/h2-4,6-7,9-10,15-17H,1H2,(H,11,12)(H2,18,19,20)/t4-,6-,7-,9+,10-/m1/s1. The Hall–Kier alpha value is -1.37. The van der Waals surface area contributed by atoms with Gasteiger partial charge in [-0.1, -0.05) is 0 Å². The van der Waals surface area contributed by atoms with E-state index in [0.717, 1.165) is 0 Å². The van der Waals surface area contributed by atoms with Gasteiger partial charge in [0.1, 0.15) is 29.8 Å². The number of imidazole rings is 1. The third-order valence-electron chi connectivity index (χ3n) is 3.50. The Labute approximate surface area is 129 Å². The molecule has 1 saturated heterocycles. The lowest BCUT2D eigenvalue weighted by Gasteiger charge is -2.21. The van der Waals surface area contributed by atoms with Gasteiger partial charge in [-0.2, -0.15) is 0 Å². The molecule has 128 valence electrons. The Morgan fingerprint density at radius 2 is 2.09 bits per heavy atom. The number of phosphoric acid groups is 1. The zero-order chi connectivity index (χ0) is 16.8. The van der Waals surface area contributed by atoms with Crippen LogP contribution >= 0.6 is 7.82 Å². The average molecular weight is 350 g/mol. The number of aliphatic hydroxyl groups excluding tert-OH is 3. The predicted molar refractivity (Wildman–Crippen MR) is 73.2 cm³/mol. The van der Waals surface area contributed by atoms with Crippen molar-refractivity contribution in [1.82, 2.24) is 9.55 Å². The van der Waals surface area contributed by atoms with Crippen molar-refractivity contribution >= 4 is 20.0 Å². The summed E-state index contributed by atoms with van der Waals surface area (Å²) < 4.78 is 21.8. The van der Waals surface area contributed by atoms with E-state index in [2.05, 4.69) is 19.8 Å². The van der Waals surface area contributed by atoms with E-state index in [0.29, 0.717) is 5.82 Å². The van der Waals surface area contributed by atoms with Gasteiger partial charge in [-0.15, -0.1) is 0 Å². The van der Waals surface area contributed by atoms with Crippen LogP contribution in [-0.2, 0) is 13.8 Å². The number of nitrogens with one attached hydrogen (secondary N) is 1. The highest BCUT2D eigenvalue weighted by molar-refractivity contribution is 7.46. The van der Waals surface area contributed by atoms with Gasteiger partial charge in [0.25, 0.3) is 0 Å². The Kier molecular flexibility index (Phi) is 4.25. The maximum Gasteiger partial charge on any atom is 0.469 e. The van der Waals surface area contributed by atoms with Crippen LogP contribution in [0.5, 0.6) is 0 Å². The van der Waals surface area contributed by atoms with Crippen LogP contribution in [0.1, 0.15) is 18.1 Å². The fraction of sp³-hybridized carbons (Fsp3) is 0.600. The average Bonchev–Trinajstić information content (AvgIpc) is 3.01. The third-order valence-corrected chi connectivity index (χ3v) is 3.99. The summed E-state index contributed by atoms with van der Waals surface area (Å²) in [6.07, 6.45) is -3.69. The molecule has 6 N–H and O–H groups in total. The van der Waals surface area contributed by atoms with Crippen LogP contribution in [0.3, 0.4) is 0 Å². The fourth-order valence-corrected chi connectivity index (χ4v) is 2.75. The van der Waals surface area contributed by atoms with Crippen molar-refractivity contribution < 1.29 is 38.9 Å². The first kappa shape index (κ1) is 16.5.